The van der Waals surface area contributed by atoms with Gasteiger partial charge in [0.2, 0.25) is 0 Å². The van der Waals surface area contributed by atoms with Gasteiger partial charge in [-0.1, -0.05) is 40.6 Å². The standard InChI is InChI=1S/C10H7Cl3N2S/c11-4-3-9-14-15-10(16-9)6-1-2-7(12)8(13)5-6/h1-2,5H,3-4H2. The molecule has 2 rings (SSSR count). The molecule has 2 nitrogen and oxygen atoms in total. The number of rotatable bonds is 3. The van der Waals surface area contributed by atoms with Crippen molar-refractivity contribution in [2.75, 3.05) is 5.88 Å². The summed E-state index contributed by atoms with van der Waals surface area (Å²) in [6.45, 7) is 0. The number of alkyl halides is 1. The molecule has 1 aromatic carbocycles. The predicted molar refractivity (Wildman–Crippen MR) is 69.8 cm³/mol. The minimum Gasteiger partial charge on any atom is -0.143 e. The summed E-state index contributed by atoms with van der Waals surface area (Å²) >= 11 is 18.9. The highest BCUT2D eigenvalue weighted by Gasteiger charge is 2.08. The Morgan fingerprint density at radius 3 is 2.62 bits per heavy atom. The molecule has 0 fully saturated rings. The first-order chi connectivity index (χ1) is 7.70. The van der Waals surface area contributed by atoms with Crippen LogP contribution in [0.15, 0.2) is 18.2 Å². The topological polar surface area (TPSA) is 25.8 Å². The molecule has 1 aromatic heterocycles. The van der Waals surface area contributed by atoms with Crippen LogP contribution in [0.3, 0.4) is 0 Å². The molecule has 2 aromatic rings. The van der Waals surface area contributed by atoms with Gasteiger partial charge in [0.15, 0.2) is 0 Å². The van der Waals surface area contributed by atoms with E-state index in [0.29, 0.717) is 15.9 Å². The number of benzene rings is 1. The van der Waals surface area contributed by atoms with Gasteiger partial charge in [-0.3, -0.25) is 0 Å². The van der Waals surface area contributed by atoms with Gasteiger partial charge in [-0.05, 0) is 12.1 Å². The zero-order valence-corrected chi connectivity index (χ0v) is 11.2. The Kier molecular flexibility index (Phi) is 4.03. The molecule has 16 heavy (non-hydrogen) atoms. The first kappa shape index (κ1) is 12.1. The summed E-state index contributed by atoms with van der Waals surface area (Å²) in [5.74, 6) is 0.552. The van der Waals surface area contributed by atoms with Crippen LogP contribution in [-0.2, 0) is 6.42 Å². The van der Waals surface area contributed by atoms with Crippen LogP contribution in [-0.4, -0.2) is 16.1 Å². The monoisotopic (exact) mass is 292 g/mol. The molecule has 0 atom stereocenters. The average Bonchev–Trinajstić information content (AvgIpc) is 2.71. The lowest BCUT2D eigenvalue weighted by Crippen LogP contribution is -1.83. The highest BCUT2D eigenvalue weighted by molar-refractivity contribution is 7.14. The summed E-state index contributed by atoms with van der Waals surface area (Å²) in [7, 11) is 0. The summed E-state index contributed by atoms with van der Waals surface area (Å²) in [6, 6.07) is 5.41. The Morgan fingerprint density at radius 1 is 1.12 bits per heavy atom. The molecule has 0 aliphatic carbocycles. The third kappa shape index (κ3) is 2.66. The molecule has 0 saturated carbocycles. The quantitative estimate of drug-likeness (QED) is 0.789. The van der Waals surface area contributed by atoms with Crippen LogP contribution in [0.4, 0.5) is 0 Å². The highest BCUT2D eigenvalue weighted by Crippen LogP contribution is 2.30. The van der Waals surface area contributed by atoms with Gasteiger partial charge in [0.05, 0.1) is 10.0 Å². The van der Waals surface area contributed by atoms with Gasteiger partial charge in [-0.2, -0.15) is 0 Å². The number of nitrogens with zero attached hydrogens (tertiary/aromatic N) is 2. The Balaban J connectivity index is 2.31. The molecule has 0 unspecified atom stereocenters. The van der Waals surface area contributed by atoms with E-state index >= 15 is 0 Å². The molecule has 6 heteroatoms. The van der Waals surface area contributed by atoms with Gasteiger partial charge >= 0.3 is 0 Å². The second-order valence-electron chi connectivity index (χ2n) is 3.07. The maximum absolute atomic E-state index is 5.94. The van der Waals surface area contributed by atoms with Crippen LogP contribution in [0.2, 0.25) is 10.0 Å². The lowest BCUT2D eigenvalue weighted by molar-refractivity contribution is 0.990. The van der Waals surface area contributed by atoms with E-state index in [2.05, 4.69) is 10.2 Å². The van der Waals surface area contributed by atoms with Crippen molar-refractivity contribution in [3.05, 3.63) is 33.3 Å². The fourth-order valence-corrected chi connectivity index (χ4v) is 2.61. The molecule has 0 amide bonds. The second kappa shape index (κ2) is 5.32. The van der Waals surface area contributed by atoms with Crippen LogP contribution in [0.25, 0.3) is 10.6 Å². The fraction of sp³-hybridized carbons (Fsp3) is 0.200. The van der Waals surface area contributed by atoms with Gasteiger partial charge in [0.25, 0.3) is 0 Å². The summed E-state index contributed by atoms with van der Waals surface area (Å²) in [5, 5.41) is 10.9. The van der Waals surface area contributed by atoms with Crippen molar-refractivity contribution in [2.24, 2.45) is 0 Å². The molecule has 1 heterocycles. The number of aryl methyl sites for hydroxylation is 1. The van der Waals surface area contributed by atoms with Crippen molar-refractivity contribution >= 4 is 46.1 Å². The van der Waals surface area contributed by atoms with Gasteiger partial charge < -0.3 is 0 Å². The van der Waals surface area contributed by atoms with Crippen LogP contribution in [0.1, 0.15) is 5.01 Å². The summed E-state index contributed by atoms with van der Waals surface area (Å²) in [5.41, 5.74) is 0.924. The molecular formula is C10H7Cl3N2S. The van der Waals surface area contributed by atoms with E-state index in [4.69, 9.17) is 34.8 Å². The SMILES string of the molecule is ClCCc1nnc(-c2ccc(Cl)c(Cl)c2)s1. The Bertz CT molecular complexity index is 499. The molecule has 0 saturated heterocycles. The third-order valence-corrected chi connectivity index (χ3v) is 3.90. The smallest absolute Gasteiger partial charge is 0.143 e. The van der Waals surface area contributed by atoms with Crippen LogP contribution < -0.4 is 0 Å². The van der Waals surface area contributed by atoms with E-state index < -0.39 is 0 Å². The zero-order chi connectivity index (χ0) is 11.5. The molecule has 0 radical (unpaired) electrons. The van der Waals surface area contributed by atoms with Gasteiger partial charge in [0, 0.05) is 17.9 Å². The summed E-state index contributed by atoms with van der Waals surface area (Å²) < 4.78 is 0. The minimum absolute atomic E-state index is 0.522. The maximum Gasteiger partial charge on any atom is 0.147 e. The van der Waals surface area contributed by atoms with E-state index in [1.807, 2.05) is 6.07 Å². The molecule has 84 valence electrons. The Labute approximate surface area is 112 Å². The van der Waals surface area contributed by atoms with Crippen molar-refractivity contribution in [1.29, 1.82) is 0 Å². The minimum atomic E-state index is 0.522. The Morgan fingerprint density at radius 2 is 1.94 bits per heavy atom. The molecule has 0 N–H and O–H groups in total. The van der Waals surface area contributed by atoms with Crippen LogP contribution in [0.5, 0.6) is 0 Å². The summed E-state index contributed by atoms with van der Waals surface area (Å²) in [4.78, 5) is 0. The van der Waals surface area contributed by atoms with E-state index in [1.54, 1.807) is 12.1 Å². The number of hydrogen-bond donors (Lipinski definition) is 0. The molecule has 0 aliphatic heterocycles. The predicted octanol–water partition coefficient (Wildman–Crippen LogP) is 4.29. The van der Waals surface area contributed by atoms with Crippen molar-refractivity contribution in [3.8, 4) is 10.6 Å². The maximum atomic E-state index is 5.94. The van der Waals surface area contributed by atoms with E-state index in [-0.39, 0.29) is 0 Å². The fourth-order valence-electron chi connectivity index (χ4n) is 1.18. The highest BCUT2D eigenvalue weighted by atomic mass is 35.5. The van der Waals surface area contributed by atoms with Gasteiger partial charge in [-0.15, -0.1) is 21.8 Å². The number of hydrogen-bond acceptors (Lipinski definition) is 3. The summed E-state index contributed by atoms with van der Waals surface area (Å²) in [6.07, 6.45) is 0.737. The van der Waals surface area contributed by atoms with Gasteiger partial charge in [0.1, 0.15) is 10.0 Å². The van der Waals surface area contributed by atoms with Gasteiger partial charge in [-0.25, -0.2) is 0 Å². The molecule has 0 bridgehead atoms. The van der Waals surface area contributed by atoms with Crippen molar-refractivity contribution in [1.82, 2.24) is 10.2 Å². The number of aromatic nitrogens is 2. The Hall–Kier alpha value is -0.350. The normalized spacial score (nSPS) is 10.7. The van der Waals surface area contributed by atoms with E-state index in [0.717, 1.165) is 22.0 Å². The zero-order valence-electron chi connectivity index (χ0n) is 8.08. The second-order valence-corrected chi connectivity index (χ2v) is 5.32. The first-order valence-electron chi connectivity index (χ1n) is 4.54. The number of halogens is 3. The third-order valence-electron chi connectivity index (χ3n) is 1.94. The van der Waals surface area contributed by atoms with E-state index in [9.17, 15) is 0 Å². The molecular weight excluding hydrogens is 287 g/mol. The largest absolute Gasteiger partial charge is 0.147 e. The molecule has 0 aliphatic rings. The lowest BCUT2D eigenvalue weighted by atomic mass is 10.2. The van der Waals surface area contributed by atoms with Crippen LogP contribution >= 0.6 is 46.1 Å². The molecule has 0 spiro atoms. The van der Waals surface area contributed by atoms with Crippen molar-refractivity contribution in [3.63, 3.8) is 0 Å². The first-order valence-corrected chi connectivity index (χ1v) is 6.65. The van der Waals surface area contributed by atoms with Crippen molar-refractivity contribution < 1.29 is 0 Å². The van der Waals surface area contributed by atoms with E-state index in [1.165, 1.54) is 11.3 Å². The van der Waals surface area contributed by atoms with Crippen molar-refractivity contribution in [2.45, 2.75) is 6.42 Å². The average molecular weight is 294 g/mol. The van der Waals surface area contributed by atoms with Crippen LogP contribution in [0, 0.1) is 0 Å². The lowest BCUT2D eigenvalue weighted by Gasteiger charge is -1.98.